The number of ether oxygens (including phenoxy) is 1. The van der Waals surface area contributed by atoms with Gasteiger partial charge in [0.15, 0.2) is 11.5 Å². The Balaban J connectivity index is 2.39. The number of anilines is 1. The van der Waals surface area contributed by atoms with Crippen molar-refractivity contribution in [3.8, 4) is 0 Å². The molecule has 7 heteroatoms. The standard InChI is InChI=1S/C14H15N3O4/c1-14(2,3)21-13(20)17-11-10(12(18)19)15-8-6-4-5-7-9(8)16-11/h4-7H,1-3H3,(H,18,19)(H,16,17,20). The number of rotatable bonds is 2. The zero-order valence-electron chi connectivity index (χ0n) is 11.9. The second-order valence-corrected chi connectivity index (χ2v) is 5.34. The number of hydrogen-bond donors (Lipinski definition) is 2. The highest BCUT2D eigenvalue weighted by Crippen LogP contribution is 2.18. The van der Waals surface area contributed by atoms with Gasteiger partial charge >= 0.3 is 12.1 Å². The third-order valence-electron chi connectivity index (χ3n) is 2.39. The Labute approximate surface area is 121 Å². The summed E-state index contributed by atoms with van der Waals surface area (Å²) < 4.78 is 5.08. The van der Waals surface area contributed by atoms with E-state index in [0.717, 1.165) is 0 Å². The first-order valence-corrected chi connectivity index (χ1v) is 6.26. The van der Waals surface area contributed by atoms with Crippen LogP contribution in [-0.4, -0.2) is 32.7 Å². The molecule has 2 rings (SSSR count). The van der Waals surface area contributed by atoms with Crippen LogP contribution in [0.15, 0.2) is 24.3 Å². The van der Waals surface area contributed by atoms with Gasteiger partial charge in [0, 0.05) is 0 Å². The number of hydrogen-bond acceptors (Lipinski definition) is 5. The van der Waals surface area contributed by atoms with Crippen molar-refractivity contribution in [1.29, 1.82) is 0 Å². The van der Waals surface area contributed by atoms with Crippen molar-refractivity contribution in [2.75, 3.05) is 5.32 Å². The van der Waals surface area contributed by atoms with E-state index in [1.165, 1.54) is 0 Å². The Morgan fingerprint density at radius 3 is 2.24 bits per heavy atom. The number of aromatic carboxylic acids is 1. The normalized spacial score (nSPS) is 11.2. The molecule has 0 aliphatic rings. The first-order chi connectivity index (χ1) is 9.76. The number of benzene rings is 1. The summed E-state index contributed by atoms with van der Waals surface area (Å²) in [6, 6.07) is 6.79. The number of carbonyl (C=O) groups is 2. The molecule has 2 N–H and O–H groups in total. The largest absolute Gasteiger partial charge is 0.476 e. The molecule has 0 aliphatic carbocycles. The number of para-hydroxylation sites is 2. The summed E-state index contributed by atoms with van der Waals surface area (Å²) in [5, 5.41) is 11.5. The molecule has 0 bridgehead atoms. The maximum absolute atomic E-state index is 11.7. The third kappa shape index (κ3) is 3.65. The van der Waals surface area contributed by atoms with Gasteiger partial charge in [-0.3, -0.25) is 5.32 Å². The van der Waals surface area contributed by atoms with Crippen molar-refractivity contribution in [2.24, 2.45) is 0 Å². The van der Waals surface area contributed by atoms with Crippen molar-refractivity contribution in [3.05, 3.63) is 30.0 Å². The van der Waals surface area contributed by atoms with Gasteiger partial charge in [-0.2, -0.15) is 0 Å². The maximum atomic E-state index is 11.7. The number of nitrogens with one attached hydrogen (secondary N) is 1. The summed E-state index contributed by atoms with van der Waals surface area (Å²) in [6.07, 6.45) is -0.783. The fourth-order valence-electron chi connectivity index (χ4n) is 1.64. The highest BCUT2D eigenvalue weighted by Gasteiger charge is 2.21. The van der Waals surface area contributed by atoms with E-state index in [9.17, 15) is 14.7 Å². The highest BCUT2D eigenvalue weighted by atomic mass is 16.6. The molecule has 0 aliphatic heterocycles. The molecule has 0 fully saturated rings. The summed E-state index contributed by atoms with van der Waals surface area (Å²) in [5.74, 6) is -1.42. The zero-order chi connectivity index (χ0) is 15.6. The predicted molar refractivity (Wildman–Crippen MR) is 76.4 cm³/mol. The molecule has 0 unspecified atom stereocenters. The first kappa shape index (κ1) is 14.7. The van der Waals surface area contributed by atoms with Crippen LogP contribution in [0, 0.1) is 0 Å². The second kappa shape index (κ2) is 5.35. The number of carbonyl (C=O) groups excluding carboxylic acids is 1. The van der Waals surface area contributed by atoms with Gasteiger partial charge in [-0.15, -0.1) is 0 Å². The molecular formula is C14H15N3O4. The number of amides is 1. The van der Waals surface area contributed by atoms with Crippen LogP contribution in [-0.2, 0) is 4.74 Å². The van der Waals surface area contributed by atoms with Crippen LogP contribution in [0.25, 0.3) is 11.0 Å². The van der Waals surface area contributed by atoms with Crippen molar-refractivity contribution < 1.29 is 19.4 Å². The molecule has 7 nitrogen and oxygen atoms in total. The Hall–Kier alpha value is -2.70. The van der Waals surface area contributed by atoms with Crippen LogP contribution < -0.4 is 5.32 Å². The minimum absolute atomic E-state index is 0.143. The molecule has 0 spiro atoms. The van der Waals surface area contributed by atoms with Crippen LogP contribution in [0.4, 0.5) is 10.6 Å². The van der Waals surface area contributed by atoms with E-state index in [1.54, 1.807) is 45.0 Å². The molecule has 1 aromatic heterocycles. The van der Waals surface area contributed by atoms with E-state index in [-0.39, 0.29) is 11.5 Å². The van der Waals surface area contributed by atoms with E-state index < -0.39 is 17.7 Å². The van der Waals surface area contributed by atoms with Crippen molar-refractivity contribution in [1.82, 2.24) is 9.97 Å². The molecule has 0 saturated carbocycles. The summed E-state index contributed by atoms with van der Waals surface area (Å²) in [5.41, 5.74) is -0.115. The van der Waals surface area contributed by atoms with Gasteiger partial charge in [-0.25, -0.2) is 19.6 Å². The summed E-state index contributed by atoms with van der Waals surface area (Å²) >= 11 is 0. The molecule has 1 heterocycles. The summed E-state index contributed by atoms with van der Waals surface area (Å²) in [7, 11) is 0. The first-order valence-electron chi connectivity index (χ1n) is 6.26. The Morgan fingerprint density at radius 2 is 1.71 bits per heavy atom. The smallest absolute Gasteiger partial charge is 0.413 e. The van der Waals surface area contributed by atoms with E-state index >= 15 is 0 Å². The Morgan fingerprint density at radius 1 is 1.14 bits per heavy atom. The van der Waals surface area contributed by atoms with Crippen LogP contribution in [0.3, 0.4) is 0 Å². The molecule has 110 valence electrons. The zero-order valence-corrected chi connectivity index (χ0v) is 11.9. The fourth-order valence-corrected chi connectivity index (χ4v) is 1.64. The van der Waals surface area contributed by atoms with Crippen LogP contribution in [0.5, 0.6) is 0 Å². The van der Waals surface area contributed by atoms with Gasteiger partial charge in [-0.1, -0.05) is 12.1 Å². The monoisotopic (exact) mass is 289 g/mol. The number of carboxylic acid groups (broad SMARTS) is 1. The number of nitrogens with zero attached hydrogens (tertiary/aromatic N) is 2. The van der Waals surface area contributed by atoms with Crippen molar-refractivity contribution in [3.63, 3.8) is 0 Å². The molecule has 2 aromatic rings. The van der Waals surface area contributed by atoms with E-state index in [0.29, 0.717) is 11.0 Å². The molecular weight excluding hydrogens is 274 g/mol. The third-order valence-corrected chi connectivity index (χ3v) is 2.39. The Bertz CT molecular complexity index is 707. The average Bonchev–Trinajstić information content (AvgIpc) is 2.35. The average molecular weight is 289 g/mol. The van der Waals surface area contributed by atoms with Crippen LogP contribution >= 0.6 is 0 Å². The lowest BCUT2D eigenvalue weighted by Gasteiger charge is -2.19. The fraction of sp³-hybridized carbons (Fsp3) is 0.286. The SMILES string of the molecule is CC(C)(C)OC(=O)Nc1nc2ccccc2nc1C(=O)O. The van der Waals surface area contributed by atoms with Crippen molar-refractivity contribution >= 4 is 28.9 Å². The summed E-state index contributed by atoms with van der Waals surface area (Å²) in [4.78, 5) is 31.1. The molecule has 21 heavy (non-hydrogen) atoms. The highest BCUT2D eigenvalue weighted by molar-refractivity contribution is 5.98. The lowest BCUT2D eigenvalue weighted by Crippen LogP contribution is -2.28. The van der Waals surface area contributed by atoms with Gasteiger partial charge in [0.1, 0.15) is 5.60 Å². The topological polar surface area (TPSA) is 101 Å². The van der Waals surface area contributed by atoms with E-state index in [4.69, 9.17) is 4.74 Å². The second-order valence-electron chi connectivity index (χ2n) is 5.34. The maximum Gasteiger partial charge on any atom is 0.413 e. The van der Waals surface area contributed by atoms with Gasteiger partial charge in [0.05, 0.1) is 11.0 Å². The molecule has 1 aromatic carbocycles. The van der Waals surface area contributed by atoms with Crippen LogP contribution in [0.2, 0.25) is 0 Å². The summed E-state index contributed by atoms with van der Waals surface area (Å²) in [6.45, 7) is 5.12. The number of fused-ring (bicyclic) bond motifs is 1. The Kier molecular flexibility index (Phi) is 3.75. The van der Waals surface area contributed by atoms with Gasteiger partial charge < -0.3 is 9.84 Å². The molecule has 0 radical (unpaired) electrons. The van der Waals surface area contributed by atoms with Crippen LogP contribution in [0.1, 0.15) is 31.3 Å². The predicted octanol–water partition coefficient (Wildman–Crippen LogP) is 2.68. The molecule has 0 atom stereocenters. The quantitative estimate of drug-likeness (QED) is 0.881. The number of carboxylic acids is 1. The van der Waals surface area contributed by atoms with Gasteiger partial charge in [-0.05, 0) is 32.9 Å². The van der Waals surface area contributed by atoms with Gasteiger partial charge in [0.2, 0.25) is 0 Å². The molecule has 1 amide bonds. The van der Waals surface area contributed by atoms with E-state index in [1.807, 2.05) is 0 Å². The van der Waals surface area contributed by atoms with E-state index in [2.05, 4.69) is 15.3 Å². The number of aromatic nitrogens is 2. The van der Waals surface area contributed by atoms with Crippen molar-refractivity contribution in [2.45, 2.75) is 26.4 Å². The lowest BCUT2D eigenvalue weighted by molar-refractivity contribution is 0.0635. The molecule has 0 saturated heterocycles. The van der Waals surface area contributed by atoms with Gasteiger partial charge in [0.25, 0.3) is 0 Å². The minimum atomic E-state index is -1.28. The lowest BCUT2D eigenvalue weighted by atomic mass is 10.2. The minimum Gasteiger partial charge on any atom is -0.476 e.